The molecule has 0 saturated carbocycles. The summed E-state index contributed by atoms with van der Waals surface area (Å²) in [5.41, 5.74) is 2.11. The molecule has 94 valence electrons. The molecule has 0 amide bonds. The summed E-state index contributed by atoms with van der Waals surface area (Å²) in [4.78, 5) is 0. The van der Waals surface area contributed by atoms with Crippen LogP contribution in [0.4, 0.5) is 4.39 Å². The Bertz CT molecular complexity index is 397. The maximum atomic E-state index is 13.4. The quantitative estimate of drug-likeness (QED) is 0.765. The Morgan fingerprint density at radius 2 is 2.18 bits per heavy atom. The Morgan fingerprint density at radius 1 is 1.47 bits per heavy atom. The Kier molecular flexibility index (Phi) is 5.66. The Labute approximate surface area is 108 Å². The number of benzene rings is 1. The second-order valence-electron chi connectivity index (χ2n) is 4.35. The summed E-state index contributed by atoms with van der Waals surface area (Å²) in [5.74, 6) is -0.366. The van der Waals surface area contributed by atoms with Crippen LogP contribution < -0.4 is 5.32 Å². The van der Waals surface area contributed by atoms with Crippen LogP contribution in [-0.2, 0) is 0 Å². The second-order valence-corrected chi connectivity index (χ2v) is 4.76. The van der Waals surface area contributed by atoms with Gasteiger partial charge in [-0.05, 0) is 44.5 Å². The van der Waals surface area contributed by atoms with Crippen molar-refractivity contribution in [3.05, 3.63) is 46.3 Å². The summed E-state index contributed by atoms with van der Waals surface area (Å²) in [6, 6.07) is 5.01. The summed E-state index contributed by atoms with van der Waals surface area (Å²) in [6.07, 6.45) is 3.14. The molecule has 1 aromatic carbocycles. The molecule has 1 nitrogen and oxygen atoms in total. The van der Waals surface area contributed by atoms with Crippen molar-refractivity contribution in [1.82, 2.24) is 5.32 Å². The highest BCUT2D eigenvalue weighted by Crippen LogP contribution is 2.22. The van der Waals surface area contributed by atoms with Crippen LogP contribution in [0.3, 0.4) is 0 Å². The highest BCUT2D eigenvalue weighted by Gasteiger charge is 2.10. The molecular weight excluding hydrogens is 237 g/mol. The van der Waals surface area contributed by atoms with E-state index < -0.39 is 0 Å². The number of halogens is 2. The summed E-state index contributed by atoms with van der Waals surface area (Å²) in [7, 11) is 0. The number of nitrogens with one attached hydrogen (secondary N) is 1. The van der Waals surface area contributed by atoms with Gasteiger partial charge in [0.1, 0.15) is 5.82 Å². The maximum absolute atomic E-state index is 13.4. The first kappa shape index (κ1) is 14.2. The lowest BCUT2D eigenvalue weighted by Crippen LogP contribution is -2.20. The molecule has 0 spiro atoms. The van der Waals surface area contributed by atoms with Gasteiger partial charge in [-0.15, -0.1) is 0 Å². The van der Waals surface area contributed by atoms with Gasteiger partial charge in [0.05, 0.1) is 11.1 Å². The van der Waals surface area contributed by atoms with Gasteiger partial charge in [-0.2, -0.15) is 0 Å². The molecule has 1 atom stereocenters. The summed E-state index contributed by atoms with van der Waals surface area (Å²) >= 11 is 5.68. The zero-order valence-corrected chi connectivity index (χ0v) is 11.3. The minimum atomic E-state index is -0.366. The molecule has 3 heteroatoms. The third-order valence-electron chi connectivity index (χ3n) is 2.42. The van der Waals surface area contributed by atoms with Gasteiger partial charge in [0.25, 0.3) is 0 Å². The summed E-state index contributed by atoms with van der Waals surface area (Å²) < 4.78 is 13.4. The number of allylic oxidation sites excluding steroid dienone is 1. The van der Waals surface area contributed by atoms with Gasteiger partial charge in [0, 0.05) is 0 Å². The lowest BCUT2D eigenvalue weighted by atomic mass is 10.0. The van der Waals surface area contributed by atoms with Crippen molar-refractivity contribution in [2.75, 3.05) is 6.54 Å². The molecule has 1 aromatic rings. The normalized spacial score (nSPS) is 12.3. The van der Waals surface area contributed by atoms with Crippen molar-refractivity contribution in [3.63, 3.8) is 0 Å². The molecule has 0 aliphatic rings. The zero-order chi connectivity index (χ0) is 12.8. The summed E-state index contributed by atoms with van der Waals surface area (Å²) in [5, 5.41) is 3.54. The van der Waals surface area contributed by atoms with E-state index in [1.807, 2.05) is 19.9 Å². The molecule has 17 heavy (non-hydrogen) atoms. The number of hydrogen-bond donors (Lipinski definition) is 1. The predicted molar refractivity (Wildman–Crippen MR) is 71.9 cm³/mol. The monoisotopic (exact) mass is 255 g/mol. The highest BCUT2D eigenvalue weighted by molar-refractivity contribution is 6.30. The minimum absolute atomic E-state index is 0.0479. The smallest absolute Gasteiger partial charge is 0.142 e. The van der Waals surface area contributed by atoms with E-state index in [4.69, 9.17) is 11.6 Å². The average molecular weight is 256 g/mol. The van der Waals surface area contributed by atoms with Crippen LogP contribution in [0.5, 0.6) is 0 Å². The van der Waals surface area contributed by atoms with Crippen LogP contribution >= 0.6 is 11.6 Å². The molecule has 0 aromatic heterocycles. The predicted octanol–water partition coefficient (Wildman–Crippen LogP) is 4.49. The second kappa shape index (κ2) is 6.77. The lowest BCUT2D eigenvalue weighted by Gasteiger charge is -2.16. The van der Waals surface area contributed by atoms with Gasteiger partial charge < -0.3 is 5.32 Å². The van der Waals surface area contributed by atoms with Crippen molar-refractivity contribution < 1.29 is 4.39 Å². The van der Waals surface area contributed by atoms with Crippen LogP contribution in [-0.4, -0.2) is 6.54 Å². The molecule has 1 N–H and O–H groups in total. The van der Waals surface area contributed by atoms with Crippen LogP contribution in [0.15, 0.2) is 29.8 Å². The molecule has 0 fully saturated rings. The van der Waals surface area contributed by atoms with Crippen molar-refractivity contribution in [3.8, 4) is 0 Å². The van der Waals surface area contributed by atoms with E-state index in [-0.39, 0.29) is 16.9 Å². The van der Waals surface area contributed by atoms with Crippen molar-refractivity contribution >= 4 is 11.6 Å². The van der Waals surface area contributed by atoms with Gasteiger partial charge in [0.2, 0.25) is 0 Å². The van der Waals surface area contributed by atoms with E-state index in [9.17, 15) is 4.39 Å². The van der Waals surface area contributed by atoms with Crippen LogP contribution in [0.25, 0.3) is 0 Å². The van der Waals surface area contributed by atoms with Gasteiger partial charge in [0.15, 0.2) is 0 Å². The van der Waals surface area contributed by atoms with Gasteiger partial charge >= 0.3 is 0 Å². The largest absolute Gasteiger partial charge is 0.307 e. The zero-order valence-electron chi connectivity index (χ0n) is 10.6. The molecule has 0 bridgehead atoms. The third kappa shape index (κ3) is 4.49. The fraction of sp³-hybridized carbons (Fsp3) is 0.429. The third-order valence-corrected chi connectivity index (χ3v) is 2.72. The van der Waals surface area contributed by atoms with E-state index in [1.165, 1.54) is 11.6 Å². The van der Waals surface area contributed by atoms with Gasteiger partial charge in [-0.1, -0.05) is 36.2 Å². The van der Waals surface area contributed by atoms with Crippen molar-refractivity contribution in [2.45, 2.75) is 33.2 Å². The van der Waals surface area contributed by atoms with Crippen molar-refractivity contribution in [1.29, 1.82) is 0 Å². The van der Waals surface area contributed by atoms with Crippen LogP contribution in [0.1, 0.15) is 38.8 Å². The molecule has 1 unspecified atom stereocenters. The lowest BCUT2D eigenvalue weighted by molar-refractivity contribution is 0.594. The molecule has 0 saturated heterocycles. The topological polar surface area (TPSA) is 12.0 Å². The Balaban J connectivity index is 2.95. The average Bonchev–Trinajstić information content (AvgIpc) is 2.27. The standard InChI is InChI=1S/C14H19ClFN/c1-4-7-17-14(8-10(2)3)11-5-6-12(15)13(16)9-11/h5-6,8-9,14,17H,4,7H2,1-3H3. The van der Waals surface area contributed by atoms with Crippen LogP contribution in [0.2, 0.25) is 5.02 Å². The molecule has 0 aliphatic heterocycles. The van der Waals surface area contributed by atoms with Gasteiger partial charge in [-0.25, -0.2) is 4.39 Å². The van der Waals surface area contributed by atoms with Crippen molar-refractivity contribution in [2.24, 2.45) is 0 Å². The highest BCUT2D eigenvalue weighted by atomic mass is 35.5. The summed E-state index contributed by atoms with van der Waals surface area (Å²) in [6.45, 7) is 7.08. The van der Waals surface area contributed by atoms with E-state index in [1.54, 1.807) is 6.07 Å². The first-order valence-electron chi connectivity index (χ1n) is 5.88. The van der Waals surface area contributed by atoms with E-state index in [0.717, 1.165) is 18.5 Å². The maximum Gasteiger partial charge on any atom is 0.142 e. The van der Waals surface area contributed by atoms with Crippen LogP contribution in [0, 0.1) is 5.82 Å². The van der Waals surface area contributed by atoms with E-state index in [2.05, 4.69) is 18.3 Å². The first-order chi connectivity index (χ1) is 8.04. The molecule has 1 rings (SSSR count). The molecule has 0 aliphatic carbocycles. The fourth-order valence-corrected chi connectivity index (χ4v) is 1.73. The number of rotatable bonds is 5. The Hall–Kier alpha value is -0.860. The first-order valence-corrected chi connectivity index (χ1v) is 6.25. The van der Waals surface area contributed by atoms with E-state index >= 15 is 0 Å². The van der Waals surface area contributed by atoms with Gasteiger partial charge in [-0.3, -0.25) is 0 Å². The minimum Gasteiger partial charge on any atom is -0.307 e. The fourth-order valence-electron chi connectivity index (χ4n) is 1.61. The Morgan fingerprint density at radius 3 is 2.71 bits per heavy atom. The molecule has 0 heterocycles. The number of hydrogen-bond acceptors (Lipinski definition) is 1. The SMILES string of the molecule is CCCNC(C=C(C)C)c1ccc(Cl)c(F)c1. The molecule has 0 radical (unpaired) electrons. The van der Waals surface area contributed by atoms with E-state index in [0.29, 0.717) is 0 Å². The molecular formula is C14H19ClFN.